The molecule has 1 amide bonds. The van der Waals surface area contributed by atoms with Crippen molar-refractivity contribution in [3.8, 4) is 0 Å². The van der Waals surface area contributed by atoms with E-state index in [0.717, 1.165) is 0 Å². The highest BCUT2D eigenvalue weighted by atomic mass is 79.9. The van der Waals surface area contributed by atoms with Crippen molar-refractivity contribution in [2.24, 2.45) is 5.73 Å². The Labute approximate surface area is 119 Å². The van der Waals surface area contributed by atoms with Gasteiger partial charge in [0, 0.05) is 18.1 Å². The highest BCUT2D eigenvalue weighted by Crippen LogP contribution is 2.26. The zero-order valence-electron chi connectivity index (χ0n) is 10.4. The Balaban J connectivity index is 2.87. The number of amides is 1. The topological polar surface area (TPSA) is 102 Å². The summed E-state index contributed by atoms with van der Waals surface area (Å²) >= 11 is 3.21. The maximum Gasteiger partial charge on any atom is 0.337 e. The smallest absolute Gasteiger partial charge is 0.337 e. The fourth-order valence-corrected chi connectivity index (χ4v) is 1.95. The fourth-order valence-electron chi connectivity index (χ4n) is 1.49. The maximum atomic E-state index is 11.8. The van der Waals surface area contributed by atoms with Crippen molar-refractivity contribution in [2.75, 3.05) is 19.0 Å². The van der Waals surface area contributed by atoms with Gasteiger partial charge < -0.3 is 20.9 Å². The summed E-state index contributed by atoms with van der Waals surface area (Å²) in [6, 6.07) is 4.65. The summed E-state index contributed by atoms with van der Waals surface area (Å²) in [5.41, 5.74) is 5.67. The van der Waals surface area contributed by atoms with E-state index in [4.69, 9.17) is 15.6 Å². The van der Waals surface area contributed by atoms with E-state index in [2.05, 4.69) is 21.2 Å². The van der Waals surface area contributed by atoms with Crippen LogP contribution in [0, 0.1) is 0 Å². The number of hydrogen-bond acceptors (Lipinski definition) is 4. The first kappa shape index (κ1) is 15.6. The molecule has 0 aliphatic heterocycles. The second-order valence-electron chi connectivity index (χ2n) is 3.81. The molecule has 0 aliphatic carbocycles. The number of nitrogens with two attached hydrogens (primary N) is 1. The molecule has 1 rings (SSSR count). The Morgan fingerprint density at radius 2 is 2.21 bits per heavy atom. The highest BCUT2D eigenvalue weighted by Gasteiger charge is 2.17. The number of methoxy groups -OCH3 is 1. The molecule has 0 saturated carbocycles. The number of benzene rings is 1. The first-order valence-electron chi connectivity index (χ1n) is 5.54. The van der Waals surface area contributed by atoms with Crippen LogP contribution in [-0.2, 0) is 9.53 Å². The average Bonchev–Trinajstić information content (AvgIpc) is 2.38. The van der Waals surface area contributed by atoms with Crippen LogP contribution in [0.2, 0.25) is 0 Å². The van der Waals surface area contributed by atoms with Gasteiger partial charge in [0.15, 0.2) is 0 Å². The average molecular weight is 331 g/mol. The molecule has 6 nitrogen and oxygen atoms in total. The second kappa shape index (κ2) is 7.22. The molecule has 104 valence electrons. The van der Waals surface area contributed by atoms with Gasteiger partial charge in [-0.05, 0) is 28.1 Å². The van der Waals surface area contributed by atoms with Crippen molar-refractivity contribution in [1.82, 2.24) is 0 Å². The first-order chi connectivity index (χ1) is 8.99. The summed E-state index contributed by atoms with van der Waals surface area (Å²) in [6.45, 7) is 0.214. The van der Waals surface area contributed by atoms with Gasteiger partial charge in [0.05, 0.1) is 23.8 Å². The fraction of sp³-hybridized carbons (Fsp3) is 0.333. The predicted octanol–water partition coefficient (Wildman–Crippen LogP) is 1.45. The predicted molar refractivity (Wildman–Crippen MR) is 74.2 cm³/mol. The SMILES string of the molecule is COC(CN)CC(=O)Nc1c(Br)cccc1C(=O)O. The van der Waals surface area contributed by atoms with Gasteiger partial charge in [0.25, 0.3) is 0 Å². The van der Waals surface area contributed by atoms with Gasteiger partial charge in [-0.25, -0.2) is 4.79 Å². The largest absolute Gasteiger partial charge is 0.478 e. The van der Waals surface area contributed by atoms with E-state index in [1.54, 1.807) is 12.1 Å². The van der Waals surface area contributed by atoms with Crippen molar-refractivity contribution >= 4 is 33.5 Å². The number of carbonyl (C=O) groups excluding carboxylic acids is 1. The number of aromatic carboxylic acids is 1. The standard InChI is InChI=1S/C12H15BrN2O4/c1-19-7(6-14)5-10(16)15-11-8(12(17)18)3-2-4-9(11)13/h2-4,7H,5-6,14H2,1H3,(H,15,16)(H,17,18). The van der Waals surface area contributed by atoms with E-state index in [1.165, 1.54) is 13.2 Å². The van der Waals surface area contributed by atoms with Crippen LogP contribution < -0.4 is 11.1 Å². The number of ether oxygens (including phenoxy) is 1. The van der Waals surface area contributed by atoms with Gasteiger partial charge in [-0.3, -0.25) is 4.79 Å². The van der Waals surface area contributed by atoms with Crippen LogP contribution in [0.25, 0.3) is 0 Å². The van der Waals surface area contributed by atoms with E-state index < -0.39 is 12.1 Å². The summed E-state index contributed by atoms with van der Waals surface area (Å²) in [4.78, 5) is 22.9. The Kier molecular flexibility index (Phi) is 5.94. The highest BCUT2D eigenvalue weighted by molar-refractivity contribution is 9.10. The lowest BCUT2D eigenvalue weighted by molar-refractivity contribution is -0.118. The molecule has 19 heavy (non-hydrogen) atoms. The Morgan fingerprint density at radius 3 is 2.74 bits per heavy atom. The van der Waals surface area contributed by atoms with Gasteiger partial charge in [-0.1, -0.05) is 6.07 Å². The molecule has 0 heterocycles. The zero-order chi connectivity index (χ0) is 14.4. The van der Waals surface area contributed by atoms with E-state index >= 15 is 0 Å². The van der Waals surface area contributed by atoms with Gasteiger partial charge in [0.1, 0.15) is 0 Å². The van der Waals surface area contributed by atoms with E-state index in [9.17, 15) is 9.59 Å². The first-order valence-corrected chi connectivity index (χ1v) is 6.33. The summed E-state index contributed by atoms with van der Waals surface area (Å²) < 4.78 is 5.50. The van der Waals surface area contributed by atoms with Gasteiger partial charge in [-0.2, -0.15) is 0 Å². The molecule has 0 fully saturated rings. The molecule has 0 bridgehead atoms. The molecular formula is C12H15BrN2O4. The molecule has 1 atom stereocenters. The van der Waals surface area contributed by atoms with E-state index in [0.29, 0.717) is 4.47 Å². The molecule has 1 unspecified atom stereocenters. The molecule has 0 aromatic heterocycles. The van der Waals surface area contributed by atoms with Gasteiger partial charge in [0.2, 0.25) is 5.91 Å². The normalized spacial score (nSPS) is 11.9. The molecular weight excluding hydrogens is 316 g/mol. The molecule has 7 heteroatoms. The summed E-state index contributed by atoms with van der Waals surface area (Å²) in [6.07, 6.45) is -0.330. The van der Waals surface area contributed by atoms with Crippen LogP contribution in [0.15, 0.2) is 22.7 Å². The zero-order valence-corrected chi connectivity index (χ0v) is 11.9. The second-order valence-corrected chi connectivity index (χ2v) is 4.67. The number of rotatable bonds is 6. The number of halogens is 1. The molecule has 4 N–H and O–H groups in total. The van der Waals surface area contributed by atoms with Crippen LogP contribution in [-0.4, -0.2) is 36.7 Å². The molecule has 0 saturated heterocycles. The van der Waals surface area contributed by atoms with Crippen LogP contribution in [0.5, 0.6) is 0 Å². The summed E-state index contributed by atoms with van der Waals surface area (Å²) in [7, 11) is 1.46. The number of carboxylic acids is 1. The number of anilines is 1. The van der Waals surface area contributed by atoms with E-state index in [-0.39, 0.29) is 30.1 Å². The van der Waals surface area contributed by atoms with E-state index in [1.807, 2.05) is 0 Å². The number of para-hydroxylation sites is 1. The third-order valence-corrected chi connectivity index (χ3v) is 3.18. The third-order valence-electron chi connectivity index (χ3n) is 2.52. The minimum atomic E-state index is -1.11. The van der Waals surface area contributed by atoms with Crippen molar-refractivity contribution in [1.29, 1.82) is 0 Å². The Hall–Kier alpha value is -1.44. The van der Waals surface area contributed by atoms with Crippen molar-refractivity contribution < 1.29 is 19.4 Å². The summed E-state index contributed by atoms with van der Waals surface area (Å²) in [5.74, 6) is -1.47. The van der Waals surface area contributed by atoms with Gasteiger partial charge in [-0.15, -0.1) is 0 Å². The molecule has 1 aromatic rings. The summed E-state index contributed by atoms with van der Waals surface area (Å²) in [5, 5.41) is 11.6. The lowest BCUT2D eigenvalue weighted by atomic mass is 10.1. The molecule has 0 aliphatic rings. The lowest BCUT2D eigenvalue weighted by Crippen LogP contribution is -2.28. The Bertz CT molecular complexity index is 475. The van der Waals surface area contributed by atoms with Crippen molar-refractivity contribution in [3.05, 3.63) is 28.2 Å². The van der Waals surface area contributed by atoms with Gasteiger partial charge >= 0.3 is 5.97 Å². The molecule has 0 spiro atoms. The van der Waals surface area contributed by atoms with Crippen LogP contribution in [0.1, 0.15) is 16.8 Å². The van der Waals surface area contributed by atoms with Crippen LogP contribution in [0.4, 0.5) is 5.69 Å². The minimum Gasteiger partial charge on any atom is -0.478 e. The minimum absolute atomic E-state index is 0.0180. The van der Waals surface area contributed by atoms with Crippen molar-refractivity contribution in [3.63, 3.8) is 0 Å². The maximum absolute atomic E-state index is 11.8. The number of nitrogens with one attached hydrogen (secondary N) is 1. The number of hydrogen-bond donors (Lipinski definition) is 3. The monoisotopic (exact) mass is 330 g/mol. The molecule has 0 radical (unpaired) electrons. The third kappa shape index (κ3) is 4.30. The molecule has 1 aromatic carbocycles. The number of carbonyl (C=O) groups is 2. The number of carboxylic acid groups (broad SMARTS) is 1. The van der Waals surface area contributed by atoms with Crippen molar-refractivity contribution in [2.45, 2.75) is 12.5 Å². The van der Waals surface area contributed by atoms with Crippen LogP contribution in [0.3, 0.4) is 0 Å². The lowest BCUT2D eigenvalue weighted by Gasteiger charge is -2.14. The van der Waals surface area contributed by atoms with Crippen LogP contribution >= 0.6 is 15.9 Å². The quantitative estimate of drug-likeness (QED) is 0.732. The Morgan fingerprint density at radius 1 is 1.53 bits per heavy atom.